The summed E-state index contributed by atoms with van der Waals surface area (Å²) in [5.74, 6) is -1.26. The number of aromatic amines is 1. The van der Waals surface area contributed by atoms with Crippen LogP contribution in [-0.4, -0.2) is 25.8 Å². The van der Waals surface area contributed by atoms with Gasteiger partial charge in [-0.25, -0.2) is 9.18 Å². The zero-order chi connectivity index (χ0) is 24.9. The average molecular weight is 479 g/mol. The van der Waals surface area contributed by atoms with Crippen LogP contribution in [0, 0.1) is 17.1 Å². The van der Waals surface area contributed by atoms with Crippen molar-refractivity contribution in [2.24, 2.45) is 0 Å². The molecule has 36 heavy (non-hydrogen) atoms. The van der Waals surface area contributed by atoms with E-state index in [4.69, 9.17) is 0 Å². The Hall–Kier alpha value is -4.44. The molecule has 6 nitrogen and oxygen atoms in total. The predicted octanol–water partition coefficient (Wildman–Crippen LogP) is 6.41. The number of hydrogen-bond acceptors (Lipinski definition) is 3. The Bertz CT molecular complexity index is 1670. The lowest BCUT2D eigenvalue weighted by atomic mass is 9.63. The molecule has 178 valence electrons. The lowest BCUT2D eigenvalue weighted by Crippen LogP contribution is -2.36. The number of fused-ring (bicyclic) bond motifs is 2. The van der Waals surface area contributed by atoms with Crippen LogP contribution in [0.5, 0.6) is 0 Å². The van der Waals surface area contributed by atoms with Gasteiger partial charge in [-0.15, -0.1) is 0 Å². The van der Waals surface area contributed by atoms with E-state index >= 15 is 0 Å². The van der Waals surface area contributed by atoms with Crippen LogP contribution in [0.4, 0.5) is 4.39 Å². The number of rotatable bonds is 6. The van der Waals surface area contributed by atoms with Crippen molar-refractivity contribution >= 4 is 27.8 Å². The van der Waals surface area contributed by atoms with Gasteiger partial charge in [0, 0.05) is 39.4 Å². The number of carboxylic acid groups (broad SMARTS) is 1. The summed E-state index contributed by atoms with van der Waals surface area (Å²) >= 11 is 0. The van der Waals surface area contributed by atoms with E-state index in [1.807, 2.05) is 18.2 Å². The largest absolute Gasteiger partial charge is 0.478 e. The Balaban J connectivity index is 1.70. The van der Waals surface area contributed by atoms with Crippen molar-refractivity contribution in [1.29, 1.82) is 5.26 Å². The molecule has 1 aliphatic carbocycles. The molecule has 2 N–H and O–H groups in total. The second-order valence-electron chi connectivity index (χ2n) is 9.58. The quantitative estimate of drug-likeness (QED) is 0.295. The van der Waals surface area contributed by atoms with Crippen molar-refractivity contribution in [3.8, 4) is 17.2 Å². The molecule has 0 amide bonds. The Morgan fingerprint density at radius 3 is 2.61 bits per heavy atom. The number of halogens is 1. The Morgan fingerprint density at radius 2 is 1.94 bits per heavy atom. The molecular formula is C29H23FN4O2. The molecule has 0 radical (unpaired) electrons. The lowest BCUT2D eigenvalue weighted by Gasteiger charge is -2.42. The number of nitrogens with one attached hydrogen (secondary N) is 1. The van der Waals surface area contributed by atoms with Crippen molar-refractivity contribution in [2.75, 3.05) is 0 Å². The minimum Gasteiger partial charge on any atom is -0.478 e. The molecule has 0 bridgehead atoms. The molecule has 0 atom stereocenters. The number of carboxylic acids is 1. The molecule has 0 spiro atoms. The average Bonchev–Trinajstić information content (AvgIpc) is 3.43. The molecule has 6 rings (SSSR count). The van der Waals surface area contributed by atoms with Gasteiger partial charge in [-0.2, -0.15) is 10.4 Å². The standard InChI is InChI=1S/C29H23FN4O2/c30-23-5-2-1-4-20(23)17-34-25-14-21-16-32-33-24(21)15-22(25)26(18-6-8-19(9-7-18)28(35)36)27(34)29(12-13-31)10-3-11-29/h1-2,4-9,14-16H,3,10-12,17H2,(H,32,33)(H,35,36). The topological polar surface area (TPSA) is 94.7 Å². The minimum atomic E-state index is -0.983. The van der Waals surface area contributed by atoms with E-state index in [0.717, 1.165) is 57.9 Å². The summed E-state index contributed by atoms with van der Waals surface area (Å²) in [7, 11) is 0. The van der Waals surface area contributed by atoms with E-state index in [1.165, 1.54) is 6.07 Å². The van der Waals surface area contributed by atoms with Crippen molar-refractivity contribution < 1.29 is 14.3 Å². The molecule has 0 unspecified atom stereocenters. The van der Waals surface area contributed by atoms with Gasteiger partial charge in [-0.3, -0.25) is 5.10 Å². The third-order valence-electron chi connectivity index (χ3n) is 7.56. The SMILES string of the molecule is N#CCC1(c2c(-c3ccc(C(=O)O)cc3)c3cc4[nH]ncc4cc3n2Cc2ccccc2F)CCC1. The first-order valence-corrected chi connectivity index (χ1v) is 11.9. The number of benzene rings is 3. The molecule has 1 aliphatic rings. The van der Waals surface area contributed by atoms with Gasteiger partial charge >= 0.3 is 5.97 Å². The van der Waals surface area contributed by atoms with Gasteiger partial charge < -0.3 is 9.67 Å². The molecule has 1 fully saturated rings. The highest BCUT2D eigenvalue weighted by atomic mass is 19.1. The van der Waals surface area contributed by atoms with Crippen LogP contribution in [0.1, 0.15) is 47.3 Å². The maximum atomic E-state index is 14.9. The first kappa shape index (κ1) is 22.1. The van der Waals surface area contributed by atoms with Crippen LogP contribution in [0.3, 0.4) is 0 Å². The molecule has 2 heterocycles. The maximum absolute atomic E-state index is 14.9. The molecule has 3 aromatic carbocycles. The van der Waals surface area contributed by atoms with Gasteiger partial charge in [0.15, 0.2) is 0 Å². The lowest BCUT2D eigenvalue weighted by molar-refractivity contribution is 0.0697. The summed E-state index contributed by atoms with van der Waals surface area (Å²) < 4.78 is 17.0. The van der Waals surface area contributed by atoms with Crippen LogP contribution in [0.15, 0.2) is 66.9 Å². The van der Waals surface area contributed by atoms with E-state index in [-0.39, 0.29) is 16.8 Å². The van der Waals surface area contributed by atoms with E-state index in [9.17, 15) is 19.6 Å². The second kappa shape index (κ2) is 8.35. The molecule has 0 saturated heterocycles. The van der Waals surface area contributed by atoms with Crippen molar-refractivity contribution in [3.05, 3.63) is 89.5 Å². The molecule has 1 saturated carbocycles. The monoisotopic (exact) mass is 478 g/mol. The number of H-pyrrole nitrogens is 1. The third-order valence-corrected chi connectivity index (χ3v) is 7.56. The first-order valence-electron chi connectivity index (χ1n) is 11.9. The fourth-order valence-electron chi connectivity index (χ4n) is 5.62. The zero-order valence-electron chi connectivity index (χ0n) is 19.5. The number of nitrogens with zero attached hydrogens (tertiary/aromatic N) is 3. The maximum Gasteiger partial charge on any atom is 0.335 e. The Labute approximate surface area is 206 Å². The summed E-state index contributed by atoms with van der Waals surface area (Å²) in [6.07, 6.45) is 4.89. The Morgan fingerprint density at radius 1 is 1.17 bits per heavy atom. The molecular weight excluding hydrogens is 455 g/mol. The molecule has 2 aromatic heterocycles. The summed E-state index contributed by atoms with van der Waals surface area (Å²) in [4.78, 5) is 11.5. The van der Waals surface area contributed by atoms with Crippen molar-refractivity contribution in [1.82, 2.24) is 14.8 Å². The fourth-order valence-corrected chi connectivity index (χ4v) is 5.62. The Kier molecular flexibility index (Phi) is 5.11. The summed E-state index contributed by atoms with van der Waals surface area (Å²) in [6, 6.07) is 20.2. The first-order chi connectivity index (χ1) is 17.5. The minimum absolute atomic E-state index is 0.210. The summed E-state index contributed by atoms with van der Waals surface area (Å²) in [5, 5.41) is 28.4. The number of carbonyl (C=O) groups is 1. The van der Waals surface area contributed by atoms with Gasteiger partial charge in [0.2, 0.25) is 0 Å². The third kappa shape index (κ3) is 3.37. The molecule has 0 aliphatic heterocycles. The second-order valence-corrected chi connectivity index (χ2v) is 9.58. The molecule has 7 heteroatoms. The van der Waals surface area contributed by atoms with Crippen molar-refractivity contribution in [2.45, 2.75) is 37.6 Å². The van der Waals surface area contributed by atoms with E-state index in [0.29, 0.717) is 18.5 Å². The number of aromatic carboxylic acids is 1. The van der Waals surface area contributed by atoms with E-state index in [1.54, 1.807) is 30.5 Å². The summed E-state index contributed by atoms with van der Waals surface area (Å²) in [5.41, 5.74) is 5.08. The van der Waals surface area contributed by atoms with Crippen LogP contribution in [0.2, 0.25) is 0 Å². The summed E-state index contributed by atoms with van der Waals surface area (Å²) in [6.45, 7) is 0.322. The van der Waals surface area contributed by atoms with Gasteiger partial charge in [0.1, 0.15) is 5.82 Å². The number of nitriles is 1. The van der Waals surface area contributed by atoms with E-state index < -0.39 is 5.97 Å². The van der Waals surface area contributed by atoms with Gasteiger partial charge in [0.05, 0.1) is 35.4 Å². The normalized spacial score (nSPS) is 14.6. The highest BCUT2D eigenvalue weighted by Crippen LogP contribution is 2.52. The highest BCUT2D eigenvalue weighted by molar-refractivity contribution is 6.05. The fraction of sp³-hybridized carbons (Fsp3) is 0.207. The van der Waals surface area contributed by atoms with Crippen LogP contribution in [0.25, 0.3) is 32.9 Å². The van der Waals surface area contributed by atoms with Crippen LogP contribution >= 0.6 is 0 Å². The van der Waals surface area contributed by atoms with Crippen molar-refractivity contribution in [3.63, 3.8) is 0 Å². The van der Waals surface area contributed by atoms with Crippen LogP contribution < -0.4 is 0 Å². The van der Waals surface area contributed by atoms with Gasteiger partial charge in [-0.05, 0) is 48.7 Å². The van der Waals surface area contributed by atoms with Gasteiger partial charge in [-0.1, -0.05) is 36.8 Å². The predicted molar refractivity (Wildman–Crippen MR) is 135 cm³/mol. The van der Waals surface area contributed by atoms with Gasteiger partial charge in [0.25, 0.3) is 0 Å². The number of hydrogen-bond donors (Lipinski definition) is 2. The number of aromatic nitrogens is 3. The molecule has 5 aromatic rings. The highest BCUT2D eigenvalue weighted by Gasteiger charge is 2.44. The zero-order valence-corrected chi connectivity index (χ0v) is 19.5. The smallest absolute Gasteiger partial charge is 0.335 e. The van der Waals surface area contributed by atoms with E-state index in [2.05, 4.69) is 33.0 Å². The van der Waals surface area contributed by atoms with Crippen LogP contribution in [-0.2, 0) is 12.0 Å².